The van der Waals surface area contributed by atoms with Crippen LogP contribution in [0, 0.1) is 22.2 Å². The van der Waals surface area contributed by atoms with E-state index in [0.29, 0.717) is 5.41 Å². The minimum Gasteiger partial charge on any atom is -0.354 e. The van der Waals surface area contributed by atoms with Crippen molar-refractivity contribution in [2.24, 2.45) is 10.8 Å². The molecule has 2 aliphatic rings. The first-order chi connectivity index (χ1) is 7.66. The van der Waals surface area contributed by atoms with E-state index in [1.807, 2.05) is 0 Å². The van der Waals surface area contributed by atoms with E-state index in [1.165, 1.54) is 25.7 Å². The number of rotatable bonds is 5. The van der Waals surface area contributed by atoms with E-state index in [4.69, 9.17) is 5.26 Å². The summed E-state index contributed by atoms with van der Waals surface area (Å²) in [6, 6.07) is 2.19. The van der Waals surface area contributed by atoms with Gasteiger partial charge in [0.15, 0.2) is 0 Å². The Bertz CT molecular complexity index is 321. The van der Waals surface area contributed by atoms with Gasteiger partial charge in [-0.25, -0.2) is 0 Å². The van der Waals surface area contributed by atoms with Crippen molar-refractivity contribution in [3.63, 3.8) is 0 Å². The molecule has 0 unspecified atom stereocenters. The van der Waals surface area contributed by atoms with Gasteiger partial charge >= 0.3 is 0 Å². The Labute approximate surface area is 97.2 Å². The second kappa shape index (κ2) is 4.08. The first kappa shape index (κ1) is 11.4. The topological polar surface area (TPSA) is 52.9 Å². The molecular weight excluding hydrogens is 200 g/mol. The second-order valence-electron chi connectivity index (χ2n) is 5.48. The lowest BCUT2D eigenvalue weighted by atomic mass is 9.69. The molecule has 2 fully saturated rings. The van der Waals surface area contributed by atoms with Gasteiger partial charge in [0.1, 0.15) is 5.41 Å². The van der Waals surface area contributed by atoms with Crippen molar-refractivity contribution < 1.29 is 4.79 Å². The largest absolute Gasteiger partial charge is 0.354 e. The Kier molecular flexibility index (Phi) is 2.92. The highest BCUT2D eigenvalue weighted by atomic mass is 16.2. The number of carbonyl (C=O) groups excluding carboxylic acids is 1. The molecule has 3 heteroatoms. The van der Waals surface area contributed by atoms with Crippen LogP contribution in [0.2, 0.25) is 0 Å². The maximum absolute atomic E-state index is 11.9. The van der Waals surface area contributed by atoms with Gasteiger partial charge in [0, 0.05) is 6.54 Å². The molecule has 0 atom stereocenters. The molecule has 0 radical (unpaired) electrons. The van der Waals surface area contributed by atoms with Crippen molar-refractivity contribution in [3.8, 4) is 6.07 Å². The van der Waals surface area contributed by atoms with Gasteiger partial charge in [0.05, 0.1) is 6.07 Å². The Morgan fingerprint density at radius 1 is 1.38 bits per heavy atom. The van der Waals surface area contributed by atoms with Crippen LogP contribution in [0.1, 0.15) is 51.9 Å². The molecule has 0 heterocycles. The smallest absolute Gasteiger partial charge is 0.240 e. The van der Waals surface area contributed by atoms with Crippen LogP contribution in [0.15, 0.2) is 0 Å². The summed E-state index contributed by atoms with van der Waals surface area (Å²) in [4.78, 5) is 11.9. The average Bonchev–Trinajstić information content (AvgIpc) is 2.95. The second-order valence-corrected chi connectivity index (χ2v) is 5.48. The van der Waals surface area contributed by atoms with Crippen LogP contribution in [0.5, 0.6) is 0 Å². The number of hydrogen-bond acceptors (Lipinski definition) is 2. The predicted molar refractivity (Wildman–Crippen MR) is 61.5 cm³/mol. The van der Waals surface area contributed by atoms with E-state index in [9.17, 15) is 4.79 Å². The Morgan fingerprint density at radius 2 is 2.06 bits per heavy atom. The zero-order valence-corrected chi connectivity index (χ0v) is 10.0. The third-order valence-electron chi connectivity index (χ3n) is 4.22. The van der Waals surface area contributed by atoms with E-state index in [-0.39, 0.29) is 5.91 Å². The summed E-state index contributed by atoms with van der Waals surface area (Å²) in [5.74, 6) is -0.0244. The fourth-order valence-electron chi connectivity index (χ4n) is 2.58. The predicted octanol–water partition coefficient (Wildman–Crippen LogP) is 2.38. The van der Waals surface area contributed by atoms with Gasteiger partial charge in [0.2, 0.25) is 5.91 Å². The molecule has 16 heavy (non-hydrogen) atoms. The highest BCUT2D eigenvalue weighted by molar-refractivity contribution is 5.86. The summed E-state index contributed by atoms with van der Waals surface area (Å²) in [6.45, 7) is 2.97. The number of hydrogen-bond donors (Lipinski definition) is 1. The molecule has 0 bridgehead atoms. The SMILES string of the molecule is CCCC1(CNC(=O)C2(C#N)CCC2)CC1. The zero-order valence-electron chi connectivity index (χ0n) is 10.0. The van der Waals surface area contributed by atoms with E-state index in [2.05, 4.69) is 18.3 Å². The molecule has 2 saturated carbocycles. The quantitative estimate of drug-likeness (QED) is 0.773. The maximum atomic E-state index is 11.9. The number of nitrogens with one attached hydrogen (secondary N) is 1. The van der Waals surface area contributed by atoms with Crippen molar-refractivity contribution in [1.29, 1.82) is 5.26 Å². The summed E-state index contributed by atoms with van der Waals surface area (Å²) >= 11 is 0. The van der Waals surface area contributed by atoms with Gasteiger partial charge in [-0.05, 0) is 43.9 Å². The van der Waals surface area contributed by atoms with Crippen LogP contribution in [0.4, 0.5) is 0 Å². The highest BCUT2D eigenvalue weighted by Gasteiger charge is 2.47. The maximum Gasteiger partial charge on any atom is 0.240 e. The highest BCUT2D eigenvalue weighted by Crippen LogP contribution is 2.49. The first-order valence-electron chi connectivity index (χ1n) is 6.36. The minimum atomic E-state index is -0.678. The Morgan fingerprint density at radius 3 is 2.44 bits per heavy atom. The van der Waals surface area contributed by atoms with Crippen molar-refractivity contribution in [2.45, 2.75) is 51.9 Å². The van der Waals surface area contributed by atoms with E-state index in [0.717, 1.165) is 25.8 Å². The lowest BCUT2D eigenvalue weighted by Crippen LogP contribution is -2.46. The monoisotopic (exact) mass is 220 g/mol. The molecule has 0 spiro atoms. The molecule has 88 valence electrons. The standard InChI is InChI=1S/C13H20N2O/c1-2-4-12(7-8-12)10-15-11(16)13(9-14)5-3-6-13/h2-8,10H2,1H3,(H,15,16). The molecular formula is C13H20N2O. The molecule has 2 rings (SSSR count). The average molecular weight is 220 g/mol. The van der Waals surface area contributed by atoms with Crippen molar-refractivity contribution >= 4 is 5.91 Å². The van der Waals surface area contributed by atoms with Crippen molar-refractivity contribution in [3.05, 3.63) is 0 Å². The van der Waals surface area contributed by atoms with Crippen LogP contribution in [-0.2, 0) is 4.79 Å². The zero-order chi connectivity index (χ0) is 11.6. The van der Waals surface area contributed by atoms with E-state index >= 15 is 0 Å². The normalized spacial score (nSPS) is 24.0. The lowest BCUT2D eigenvalue weighted by molar-refractivity contribution is -0.132. The molecule has 2 aliphatic carbocycles. The van der Waals surface area contributed by atoms with Crippen LogP contribution in [-0.4, -0.2) is 12.5 Å². The van der Waals surface area contributed by atoms with Gasteiger partial charge < -0.3 is 5.32 Å². The molecule has 0 aromatic heterocycles. The Hall–Kier alpha value is -1.04. The van der Waals surface area contributed by atoms with Crippen molar-refractivity contribution in [1.82, 2.24) is 5.32 Å². The van der Waals surface area contributed by atoms with Gasteiger partial charge in [-0.1, -0.05) is 13.3 Å². The fourth-order valence-corrected chi connectivity index (χ4v) is 2.58. The third kappa shape index (κ3) is 1.93. The van der Waals surface area contributed by atoms with Crippen LogP contribution < -0.4 is 5.32 Å². The van der Waals surface area contributed by atoms with Crippen LogP contribution >= 0.6 is 0 Å². The molecule has 0 aliphatic heterocycles. The summed E-state index contributed by atoms with van der Waals surface area (Å²) in [5, 5.41) is 12.0. The number of nitrogens with zero attached hydrogens (tertiary/aromatic N) is 1. The molecule has 0 aromatic rings. The van der Waals surface area contributed by atoms with Gasteiger partial charge in [-0.2, -0.15) is 5.26 Å². The van der Waals surface area contributed by atoms with Crippen LogP contribution in [0.25, 0.3) is 0 Å². The van der Waals surface area contributed by atoms with Crippen molar-refractivity contribution in [2.75, 3.05) is 6.54 Å². The van der Waals surface area contributed by atoms with Gasteiger partial charge in [-0.3, -0.25) is 4.79 Å². The third-order valence-corrected chi connectivity index (χ3v) is 4.22. The summed E-state index contributed by atoms with van der Waals surface area (Å²) in [6.07, 6.45) is 7.36. The lowest BCUT2D eigenvalue weighted by Gasteiger charge is -2.33. The molecule has 3 nitrogen and oxygen atoms in total. The fraction of sp³-hybridized carbons (Fsp3) is 0.846. The summed E-state index contributed by atoms with van der Waals surface area (Å²) < 4.78 is 0. The Balaban J connectivity index is 1.82. The minimum absolute atomic E-state index is 0.0244. The molecule has 1 amide bonds. The number of carbonyl (C=O) groups is 1. The van der Waals surface area contributed by atoms with Crippen LogP contribution in [0.3, 0.4) is 0 Å². The van der Waals surface area contributed by atoms with E-state index < -0.39 is 5.41 Å². The number of nitriles is 1. The van der Waals surface area contributed by atoms with Gasteiger partial charge in [-0.15, -0.1) is 0 Å². The number of amides is 1. The van der Waals surface area contributed by atoms with E-state index in [1.54, 1.807) is 0 Å². The molecule has 0 aromatic carbocycles. The summed E-state index contributed by atoms with van der Waals surface area (Å²) in [5.41, 5.74) is -0.299. The summed E-state index contributed by atoms with van der Waals surface area (Å²) in [7, 11) is 0. The molecule has 0 saturated heterocycles. The first-order valence-corrected chi connectivity index (χ1v) is 6.36. The molecule has 1 N–H and O–H groups in total. The van der Waals surface area contributed by atoms with Gasteiger partial charge in [0.25, 0.3) is 0 Å².